The monoisotopic (exact) mass is 1000 g/mol. The Labute approximate surface area is 441 Å². The molecule has 74 heavy (non-hydrogen) atoms. The zero-order chi connectivity index (χ0) is 53.6. The Balaban J connectivity index is 1.43. The molecule has 7 rings (SSSR count). The van der Waals surface area contributed by atoms with E-state index in [1.54, 1.807) is 14.2 Å². The molecule has 392 valence electrons. The van der Waals surface area contributed by atoms with Gasteiger partial charge in [0.1, 0.15) is 36.2 Å². The summed E-state index contributed by atoms with van der Waals surface area (Å²) >= 11 is 0. The summed E-state index contributed by atoms with van der Waals surface area (Å²) in [4.78, 5) is 26.2. The lowest BCUT2D eigenvalue weighted by molar-refractivity contribution is 0.246. The quantitative estimate of drug-likeness (QED) is 0.0906. The number of amides is 4. The van der Waals surface area contributed by atoms with Gasteiger partial charge in [-0.15, -0.1) is 0 Å². The number of methoxy groups -OCH3 is 2. The van der Waals surface area contributed by atoms with Gasteiger partial charge in [0.2, 0.25) is 0 Å². The van der Waals surface area contributed by atoms with Crippen molar-refractivity contribution in [3.8, 4) is 23.0 Å². The van der Waals surface area contributed by atoms with Gasteiger partial charge >= 0.3 is 12.1 Å². The molecule has 10 nitrogen and oxygen atoms in total. The first-order valence-electron chi connectivity index (χ1n) is 26.1. The number of urea groups is 2. The molecule has 0 radical (unpaired) electrons. The summed E-state index contributed by atoms with van der Waals surface area (Å²) in [7, 11) is 3.54. The number of para-hydroxylation sites is 2. The predicted molar refractivity (Wildman–Crippen MR) is 303 cm³/mol. The number of anilines is 2. The molecule has 0 heterocycles. The lowest BCUT2D eigenvalue weighted by Gasteiger charge is -2.29. The Morgan fingerprint density at radius 2 is 0.635 bits per heavy atom. The first kappa shape index (κ1) is 54.8. The molecular weight excluding hydrogens is 921 g/mol. The zero-order valence-electron chi connectivity index (χ0n) is 46.5. The average molecular weight is 1000 g/mol. The lowest BCUT2D eigenvalue weighted by Crippen LogP contribution is -2.32. The fraction of sp³-hybridized carbons (Fsp3) is 0.406. The Hall–Kier alpha value is -6.94. The van der Waals surface area contributed by atoms with Crippen molar-refractivity contribution in [2.45, 2.75) is 130 Å². The van der Waals surface area contributed by atoms with Crippen LogP contribution in [0.3, 0.4) is 0 Å². The van der Waals surface area contributed by atoms with E-state index in [9.17, 15) is 9.59 Å². The van der Waals surface area contributed by atoms with Gasteiger partial charge in [-0.2, -0.15) is 0 Å². The van der Waals surface area contributed by atoms with Crippen LogP contribution in [0.25, 0.3) is 0 Å². The van der Waals surface area contributed by atoms with Crippen molar-refractivity contribution in [1.29, 1.82) is 0 Å². The van der Waals surface area contributed by atoms with E-state index in [0.29, 0.717) is 37.1 Å². The normalized spacial score (nSPS) is 12.8. The van der Waals surface area contributed by atoms with Crippen LogP contribution in [0.2, 0.25) is 0 Å². The van der Waals surface area contributed by atoms with Gasteiger partial charge in [0.15, 0.2) is 0 Å². The summed E-state index contributed by atoms with van der Waals surface area (Å²) in [5.41, 5.74) is 13.7. The van der Waals surface area contributed by atoms with Crippen molar-refractivity contribution in [3.63, 3.8) is 0 Å². The highest BCUT2D eigenvalue weighted by Crippen LogP contribution is 2.44. The number of fused-ring (bicyclic) bond motifs is 8. The van der Waals surface area contributed by atoms with Crippen LogP contribution in [0.5, 0.6) is 23.0 Å². The molecule has 1 aliphatic carbocycles. The highest BCUT2D eigenvalue weighted by molar-refractivity contribution is 5.89. The van der Waals surface area contributed by atoms with Gasteiger partial charge < -0.3 is 40.2 Å². The van der Waals surface area contributed by atoms with E-state index < -0.39 is 0 Å². The van der Waals surface area contributed by atoms with Crippen LogP contribution in [0.15, 0.2) is 109 Å². The lowest BCUT2D eigenvalue weighted by atomic mass is 9.79. The number of hydrogen-bond acceptors (Lipinski definition) is 6. The molecule has 0 saturated carbocycles. The molecule has 0 aromatic heterocycles. The molecule has 1 aliphatic rings. The number of nitrogens with one attached hydrogen (secondary N) is 4. The van der Waals surface area contributed by atoms with Gasteiger partial charge in [-0.3, -0.25) is 0 Å². The van der Waals surface area contributed by atoms with Crippen LogP contribution < -0.4 is 40.2 Å². The minimum Gasteiger partial charge on any atom is -0.496 e. The Kier molecular flexibility index (Phi) is 16.8. The fourth-order valence-corrected chi connectivity index (χ4v) is 9.54. The highest BCUT2D eigenvalue weighted by Gasteiger charge is 2.29. The maximum Gasteiger partial charge on any atom is 0.319 e. The fourth-order valence-electron chi connectivity index (χ4n) is 9.54. The number of ether oxygens (including phenoxy) is 4. The third-order valence-electron chi connectivity index (χ3n) is 13.7. The summed E-state index contributed by atoms with van der Waals surface area (Å²) in [5.74, 6) is 3.19. The van der Waals surface area contributed by atoms with Crippen LogP contribution in [0, 0.1) is 0 Å². The van der Waals surface area contributed by atoms with Crippen molar-refractivity contribution >= 4 is 23.4 Å². The standard InChI is InChI=1S/C64H80N4O6/c1-61(2,3)49-33-41-29-45-37-51(63(7,8)9)39-47(57(45)73-27-25-65-59(69)67-53-21-17-15-18-22-53)31-43-35-50(62(4,5)6)36-44(56(43)72-14)32-48-40-52(64(10,11)12)38-46(30-42(34-49)55(41)71-13)58(48)74-28-26-66-60(70)68-54-23-19-16-20-24-54/h15-24,33-40H,25-32H2,1-14H3,(H2,65,67,69)(H2,66,68,70). The van der Waals surface area contributed by atoms with Crippen molar-refractivity contribution < 1.29 is 28.5 Å². The smallest absolute Gasteiger partial charge is 0.319 e. The molecule has 0 spiro atoms. The molecular formula is C64H80N4O6. The molecule has 10 heteroatoms. The van der Waals surface area contributed by atoms with E-state index in [1.165, 1.54) is 22.3 Å². The van der Waals surface area contributed by atoms with Gasteiger partial charge in [0.25, 0.3) is 0 Å². The second-order valence-electron chi connectivity index (χ2n) is 23.8. The minimum absolute atomic E-state index is 0.198. The number of rotatable bonds is 12. The number of carbonyl (C=O) groups is 2. The van der Waals surface area contributed by atoms with Gasteiger partial charge in [0, 0.05) is 37.1 Å². The first-order chi connectivity index (χ1) is 34.9. The molecule has 6 aromatic carbocycles. The molecule has 0 fully saturated rings. The molecule has 0 unspecified atom stereocenters. The van der Waals surface area contributed by atoms with Gasteiger partial charge in [-0.25, -0.2) is 9.59 Å². The predicted octanol–water partition coefficient (Wildman–Crippen LogP) is 14.0. The van der Waals surface area contributed by atoms with E-state index in [0.717, 1.165) is 67.5 Å². The van der Waals surface area contributed by atoms with Crippen LogP contribution in [-0.2, 0) is 47.3 Å². The van der Waals surface area contributed by atoms with E-state index >= 15 is 0 Å². The number of benzene rings is 6. The maximum atomic E-state index is 13.1. The van der Waals surface area contributed by atoms with Gasteiger partial charge in [-0.05, 0) is 113 Å². The van der Waals surface area contributed by atoms with Crippen molar-refractivity contribution in [2.24, 2.45) is 0 Å². The van der Waals surface area contributed by atoms with Crippen LogP contribution in [0.1, 0.15) is 150 Å². The van der Waals surface area contributed by atoms with Crippen LogP contribution in [-0.4, -0.2) is 52.6 Å². The number of hydrogen-bond donors (Lipinski definition) is 4. The Morgan fingerprint density at radius 3 is 0.865 bits per heavy atom. The molecule has 4 amide bonds. The van der Waals surface area contributed by atoms with Gasteiger partial charge in [0.05, 0.1) is 27.3 Å². The Morgan fingerprint density at radius 1 is 0.392 bits per heavy atom. The SMILES string of the molecule is COc1c2cc(C(C)(C)C)cc1Cc1cc(C(C)(C)C)cc(c1OCCNC(=O)Nc1ccccc1)Cc1cc(C(C)(C)C)cc(c1OC)Cc1cc(C(C)(C)C)cc(c1OCCNC(=O)Nc1ccccc1)C2. The summed E-state index contributed by atoms with van der Waals surface area (Å²) in [5, 5.41) is 11.9. The van der Waals surface area contributed by atoms with Crippen molar-refractivity contribution in [1.82, 2.24) is 10.6 Å². The molecule has 6 aromatic rings. The van der Waals surface area contributed by atoms with E-state index in [1.807, 2.05) is 60.7 Å². The van der Waals surface area contributed by atoms with E-state index in [4.69, 9.17) is 18.9 Å². The molecule has 0 saturated heterocycles. The summed E-state index contributed by atoms with van der Waals surface area (Å²) in [6, 6.07) is 36.7. The first-order valence-corrected chi connectivity index (χ1v) is 26.1. The average Bonchev–Trinajstić information content (AvgIpc) is 3.31. The second-order valence-corrected chi connectivity index (χ2v) is 23.8. The highest BCUT2D eigenvalue weighted by atomic mass is 16.5. The topological polar surface area (TPSA) is 119 Å². The van der Waals surface area contributed by atoms with Crippen molar-refractivity contribution in [2.75, 3.05) is 51.2 Å². The van der Waals surface area contributed by atoms with Crippen molar-refractivity contribution in [3.05, 3.63) is 176 Å². The molecule has 0 aliphatic heterocycles. The largest absolute Gasteiger partial charge is 0.496 e. The third kappa shape index (κ3) is 13.8. The summed E-state index contributed by atoms with van der Waals surface area (Å²) in [6.07, 6.45) is 2.08. The van der Waals surface area contributed by atoms with Gasteiger partial charge in [-0.1, -0.05) is 168 Å². The summed E-state index contributed by atoms with van der Waals surface area (Å²) in [6.45, 7) is 28.1. The van der Waals surface area contributed by atoms with Crippen LogP contribution in [0.4, 0.5) is 21.0 Å². The summed E-state index contributed by atoms with van der Waals surface area (Å²) < 4.78 is 27.1. The minimum atomic E-state index is -0.298. The molecule has 0 atom stereocenters. The van der Waals surface area contributed by atoms with E-state index in [2.05, 4.69) is 153 Å². The van der Waals surface area contributed by atoms with Crippen LogP contribution >= 0.6 is 0 Å². The van der Waals surface area contributed by atoms with E-state index in [-0.39, 0.29) is 60.0 Å². The molecule has 4 N–H and O–H groups in total. The third-order valence-corrected chi connectivity index (χ3v) is 13.7. The number of carbonyl (C=O) groups excluding carboxylic acids is 2. The maximum absolute atomic E-state index is 13.1. The zero-order valence-corrected chi connectivity index (χ0v) is 46.5. The second kappa shape index (κ2) is 22.7. The molecule has 8 bridgehead atoms. The Bertz CT molecular complexity index is 2640.